The normalized spacial score (nSPS) is 16.5. The van der Waals surface area contributed by atoms with E-state index in [4.69, 9.17) is 5.11 Å². The van der Waals surface area contributed by atoms with Crippen molar-refractivity contribution in [2.45, 2.75) is 38.6 Å². The number of amides is 1. The number of aliphatic hydroxyl groups excluding tert-OH is 1. The molecule has 112 valence electrons. The van der Waals surface area contributed by atoms with Crippen molar-refractivity contribution < 1.29 is 14.3 Å². The van der Waals surface area contributed by atoms with Crippen molar-refractivity contribution in [2.24, 2.45) is 0 Å². The number of aliphatic hydroxyl groups is 1. The first kappa shape index (κ1) is 15.5. The van der Waals surface area contributed by atoms with Gasteiger partial charge in [0.2, 0.25) is 0 Å². The van der Waals surface area contributed by atoms with Crippen molar-refractivity contribution in [3.63, 3.8) is 0 Å². The summed E-state index contributed by atoms with van der Waals surface area (Å²) in [6, 6.07) is 4.06. The Hall–Kier alpha value is -1.86. The molecule has 3 nitrogen and oxygen atoms in total. The molecule has 1 saturated heterocycles. The molecule has 1 aliphatic heterocycles. The van der Waals surface area contributed by atoms with Crippen LogP contribution in [0.3, 0.4) is 0 Å². The largest absolute Gasteiger partial charge is 0.395 e. The van der Waals surface area contributed by atoms with Gasteiger partial charge in [-0.05, 0) is 44.9 Å². The molecule has 21 heavy (non-hydrogen) atoms. The van der Waals surface area contributed by atoms with E-state index in [9.17, 15) is 9.18 Å². The van der Waals surface area contributed by atoms with Crippen LogP contribution in [0.25, 0.3) is 0 Å². The third-order valence-electron chi connectivity index (χ3n) is 3.82. The lowest BCUT2D eigenvalue weighted by Crippen LogP contribution is -2.42. The summed E-state index contributed by atoms with van der Waals surface area (Å²) in [5.74, 6) is 5.02. The molecule has 2 rings (SSSR count). The third kappa shape index (κ3) is 3.43. The van der Waals surface area contributed by atoms with Crippen LogP contribution < -0.4 is 0 Å². The van der Waals surface area contributed by atoms with Crippen LogP contribution >= 0.6 is 0 Å². The Labute approximate surface area is 124 Å². The van der Waals surface area contributed by atoms with Gasteiger partial charge in [0.05, 0.1) is 12.2 Å². The maximum Gasteiger partial charge on any atom is 0.255 e. The highest BCUT2D eigenvalue weighted by atomic mass is 19.1. The minimum absolute atomic E-state index is 0.0508. The molecule has 1 aromatic rings. The zero-order valence-electron chi connectivity index (χ0n) is 12.4. The molecule has 1 heterocycles. The summed E-state index contributed by atoms with van der Waals surface area (Å²) in [4.78, 5) is 14.5. The molecule has 1 aromatic carbocycles. The maximum absolute atomic E-state index is 13.4. The first-order valence-corrected chi connectivity index (χ1v) is 7.17. The first-order chi connectivity index (χ1) is 9.95. The van der Waals surface area contributed by atoms with Gasteiger partial charge in [-0.15, -0.1) is 0 Å². The lowest BCUT2D eigenvalue weighted by Gasteiger charge is -2.32. The predicted molar refractivity (Wildman–Crippen MR) is 79.3 cm³/mol. The van der Waals surface area contributed by atoms with Gasteiger partial charge < -0.3 is 10.0 Å². The second kappa shape index (κ2) is 6.28. The van der Waals surface area contributed by atoms with Gasteiger partial charge in [0.15, 0.2) is 0 Å². The van der Waals surface area contributed by atoms with E-state index in [1.165, 1.54) is 18.2 Å². The molecule has 0 bridgehead atoms. The van der Waals surface area contributed by atoms with E-state index in [2.05, 4.69) is 11.8 Å². The number of hydrogen-bond donors (Lipinski definition) is 1. The van der Waals surface area contributed by atoms with Crippen LogP contribution in [0.5, 0.6) is 0 Å². The third-order valence-corrected chi connectivity index (χ3v) is 3.82. The minimum Gasteiger partial charge on any atom is -0.395 e. The molecule has 0 atom stereocenters. The van der Waals surface area contributed by atoms with Crippen LogP contribution in [0.2, 0.25) is 0 Å². The summed E-state index contributed by atoms with van der Waals surface area (Å²) in [7, 11) is 0. The number of halogens is 1. The second-order valence-corrected chi connectivity index (χ2v) is 5.84. The maximum atomic E-state index is 13.4. The van der Waals surface area contributed by atoms with Crippen molar-refractivity contribution in [2.75, 3.05) is 13.2 Å². The standard InChI is InChI=1S/C17H20FNO2/c1-17(2)9-5-10-19(17)16(21)15-8-7-14(18)12-13(15)6-3-4-11-20/h7-8,12,20H,4-5,9-11H2,1-2H3. The fraction of sp³-hybridized carbons (Fsp3) is 0.471. The van der Waals surface area contributed by atoms with Crippen molar-refractivity contribution >= 4 is 5.91 Å². The molecular weight excluding hydrogens is 269 g/mol. The molecule has 1 amide bonds. The highest BCUT2D eigenvalue weighted by molar-refractivity contribution is 5.97. The molecule has 0 spiro atoms. The lowest BCUT2D eigenvalue weighted by molar-refractivity contribution is 0.0651. The molecule has 1 aliphatic rings. The predicted octanol–water partition coefficient (Wildman–Crippen LogP) is 2.57. The fourth-order valence-electron chi connectivity index (χ4n) is 2.65. The Balaban J connectivity index is 2.35. The van der Waals surface area contributed by atoms with E-state index >= 15 is 0 Å². The zero-order chi connectivity index (χ0) is 15.5. The number of carbonyl (C=O) groups excluding carboxylic acids is 1. The average molecular weight is 289 g/mol. The molecule has 1 fully saturated rings. The Morgan fingerprint density at radius 3 is 2.86 bits per heavy atom. The topological polar surface area (TPSA) is 40.5 Å². The molecular formula is C17H20FNO2. The second-order valence-electron chi connectivity index (χ2n) is 5.84. The van der Waals surface area contributed by atoms with Gasteiger partial charge in [-0.2, -0.15) is 0 Å². The van der Waals surface area contributed by atoms with E-state index in [-0.39, 0.29) is 18.1 Å². The van der Waals surface area contributed by atoms with Gasteiger partial charge in [0.25, 0.3) is 5.91 Å². The quantitative estimate of drug-likeness (QED) is 0.850. The number of likely N-dealkylation sites (tertiary alicyclic amines) is 1. The Morgan fingerprint density at radius 1 is 1.48 bits per heavy atom. The fourth-order valence-corrected chi connectivity index (χ4v) is 2.65. The van der Waals surface area contributed by atoms with Crippen molar-refractivity contribution in [1.82, 2.24) is 4.90 Å². The highest BCUT2D eigenvalue weighted by Crippen LogP contribution is 2.30. The summed E-state index contributed by atoms with van der Waals surface area (Å²) in [5, 5.41) is 8.77. The Bertz CT molecular complexity index is 599. The number of rotatable bonds is 2. The SMILES string of the molecule is CC1(C)CCCN1C(=O)c1ccc(F)cc1C#CCCO. The summed E-state index contributed by atoms with van der Waals surface area (Å²) >= 11 is 0. The average Bonchev–Trinajstić information content (AvgIpc) is 2.78. The zero-order valence-corrected chi connectivity index (χ0v) is 12.4. The monoisotopic (exact) mass is 289 g/mol. The van der Waals surface area contributed by atoms with Crippen LogP contribution in [-0.2, 0) is 0 Å². The van der Waals surface area contributed by atoms with Crippen molar-refractivity contribution in [3.8, 4) is 11.8 Å². The molecule has 0 aliphatic carbocycles. The molecule has 0 aromatic heterocycles. The molecule has 1 N–H and O–H groups in total. The first-order valence-electron chi connectivity index (χ1n) is 7.17. The van der Waals surface area contributed by atoms with Gasteiger partial charge in [0.1, 0.15) is 5.82 Å². The van der Waals surface area contributed by atoms with Gasteiger partial charge >= 0.3 is 0 Å². The van der Waals surface area contributed by atoms with E-state index in [0.717, 1.165) is 12.8 Å². The van der Waals surface area contributed by atoms with Crippen molar-refractivity contribution in [3.05, 3.63) is 35.1 Å². The Morgan fingerprint density at radius 2 is 2.24 bits per heavy atom. The molecule has 0 unspecified atom stereocenters. The van der Waals surface area contributed by atoms with Crippen LogP contribution in [0.4, 0.5) is 4.39 Å². The summed E-state index contributed by atoms with van der Waals surface area (Å²) in [5.41, 5.74) is 0.634. The summed E-state index contributed by atoms with van der Waals surface area (Å²) in [6.07, 6.45) is 2.25. The number of nitrogens with zero attached hydrogens (tertiary/aromatic N) is 1. The van der Waals surface area contributed by atoms with Crippen LogP contribution in [0.1, 0.15) is 49.0 Å². The van der Waals surface area contributed by atoms with E-state index in [0.29, 0.717) is 24.1 Å². The Kier molecular flexibility index (Phi) is 4.64. The van der Waals surface area contributed by atoms with Crippen molar-refractivity contribution in [1.29, 1.82) is 0 Å². The number of carbonyl (C=O) groups is 1. The van der Waals surface area contributed by atoms with E-state index in [1.807, 2.05) is 18.7 Å². The smallest absolute Gasteiger partial charge is 0.255 e. The van der Waals surface area contributed by atoms with Gasteiger partial charge in [-0.1, -0.05) is 11.8 Å². The molecule has 4 heteroatoms. The molecule has 0 saturated carbocycles. The van der Waals surface area contributed by atoms with E-state index in [1.54, 1.807) is 0 Å². The van der Waals surface area contributed by atoms with Crippen LogP contribution in [0.15, 0.2) is 18.2 Å². The number of benzene rings is 1. The van der Waals surface area contributed by atoms with Crippen LogP contribution in [-0.4, -0.2) is 34.6 Å². The van der Waals surface area contributed by atoms with Gasteiger partial charge in [0, 0.05) is 24.1 Å². The van der Waals surface area contributed by atoms with Gasteiger partial charge in [-0.25, -0.2) is 4.39 Å². The summed E-state index contributed by atoms with van der Waals surface area (Å²) in [6.45, 7) is 4.74. The van der Waals surface area contributed by atoms with E-state index < -0.39 is 5.82 Å². The minimum atomic E-state index is -0.416. The number of hydrogen-bond acceptors (Lipinski definition) is 2. The molecule has 0 radical (unpaired) electrons. The summed E-state index contributed by atoms with van der Waals surface area (Å²) < 4.78 is 13.4. The lowest BCUT2D eigenvalue weighted by atomic mass is 10.00. The van der Waals surface area contributed by atoms with Crippen LogP contribution in [0, 0.1) is 17.7 Å². The highest BCUT2D eigenvalue weighted by Gasteiger charge is 2.36. The van der Waals surface area contributed by atoms with Gasteiger partial charge in [-0.3, -0.25) is 4.79 Å².